The molecule has 1 spiro atoms. The number of hydrogen-bond donors (Lipinski definition) is 1. The Labute approximate surface area is 250 Å². The van der Waals surface area contributed by atoms with Crippen LogP contribution in [0.5, 0.6) is 5.75 Å². The molecule has 0 radical (unpaired) electrons. The summed E-state index contributed by atoms with van der Waals surface area (Å²) in [6.45, 7) is 18.0. The standard InChI is InChI=1S/C33H44ClNO5Si/c1-7-28(40-41(5,6)32(2,3)4)30-24(14-16-38-30)19-35-20-33(15-8-9-22-17-25(34)11-12-26(22)33)21-39-29-13-10-23(31(36)37)18-27(29)35/h7,10-13,17-18,24,28,30H,1,8-9,14-16,19-21H2,2-6H3,(H,36,37)/t24-,28?,30+,33-/m0/s1. The predicted molar refractivity (Wildman–Crippen MR) is 167 cm³/mol. The van der Waals surface area contributed by atoms with Gasteiger partial charge in [-0.3, -0.25) is 0 Å². The van der Waals surface area contributed by atoms with Gasteiger partial charge in [-0.25, -0.2) is 4.79 Å². The average Bonchev–Trinajstić information content (AvgIpc) is 3.31. The summed E-state index contributed by atoms with van der Waals surface area (Å²) in [5.41, 5.74) is 3.42. The van der Waals surface area contributed by atoms with Gasteiger partial charge in [0.05, 0.1) is 30.1 Å². The molecule has 1 fully saturated rings. The number of halogens is 1. The third-order valence-electron chi connectivity index (χ3n) is 9.80. The van der Waals surface area contributed by atoms with E-state index in [4.69, 9.17) is 25.5 Å². The Morgan fingerprint density at radius 3 is 2.78 bits per heavy atom. The second kappa shape index (κ2) is 11.4. The van der Waals surface area contributed by atoms with Gasteiger partial charge in [-0.1, -0.05) is 44.5 Å². The van der Waals surface area contributed by atoms with Crippen LogP contribution in [-0.4, -0.2) is 57.9 Å². The number of carboxylic acid groups (broad SMARTS) is 1. The molecule has 0 amide bonds. The maximum absolute atomic E-state index is 12.0. The van der Waals surface area contributed by atoms with Gasteiger partial charge in [0.15, 0.2) is 8.32 Å². The maximum atomic E-state index is 12.0. The Morgan fingerprint density at radius 2 is 2.07 bits per heavy atom. The van der Waals surface area contributed by atoms with Crippen molar-refractivity contribution in [2.75, 3.05) is 31.2 Å². The van der Waals surface area contributed by atoms with Crippen molar-refractivity contribution in [3.8, 4) is 5.75 Å². The van der Waals surface area contributed by atoms with E-state index in [1.807, 2.05) is 18.2 Å². The molecule has 8 heteroatoms. The molecule has 41 heavy (non-hydrogen) atoms. The number of anilines is 1. The highest BCUT2D eigenvalue weighted by Crippen LogP contribution is 2.46. The summed E-state index contributed by atoms with van der Waals surface area (Å²) in [5, 5.41) is 10.7. The fourth-order valence-corrected chi connectivity index (χ4v) is 7.97. The molecule has 0 aromatic heterocycles. The van der Waals surface area contributed by atoms with Crippen molar-refractivity contribution in [3.05, 3.63) is 70.8 Å². The lowest BCUT2D eigenvalue weighted by Gasteiger charge is -2.43. The van der Waals surface area contributed by atoms with Gasteiger partial charge in [0, 0.05) is 36.1 Å². The molecule has 5 rings (SSSR count). The molecule has 3 aliphatic rings. The van der Waals surface area contributed by atoms with Crippen LogP contribution in [-0.2, 0) is 21.0 Å². The summed E-state index contributed by atoms with van der Waals surface area (Å²) in [6.07, 6.45) is 5.53. The van der Waals surface area contributed by atoms with Crippen LogP contribution >= 0.6 is 11.6 Å². The highest BCUT2D eigenvalue weighted by molar-refractivity contribution is 6.74. The predicted octanol–water partition coefficient (Wildman–Crippen LogP) is 7.49. The Balaban J connectivity index is 1.51. The zero-order valence-electron chi connectivity index (χ0n) is 25.0. The van der Waals surface area contributed by atoms with Gasteiger partial charge >= 0.3 is 5.97 Å². The number of aromatic carboxylic acids is 1. The van der Waals surface area contributed by atoms with E-state index in [0.29, 0.717) is 19.8 Å². The highest BCUT2D eigenvalue weighted by Gasteiger charge is 2.46. The number of carbonyl (C=O) groups is 1. The summed E-state index contributed by atoms with van der Waals surface area (Å²) < 4.78 is 19.7. The molecular formula is C33H44ClNO5Si. The summed E-state index contributed by atoms with van der Waals surface area (Å²) in [5.74, 6) is -0.0327. The Kier molecular flexibility index (Phi) is 8.38. The lowest BCUT2D eigenvalue weighted by atomic mass is 9.70. The third kappa shape index (κ3) is 5.96. The van der Waals surface area contributed by atoms with Crippen molar-refractivity contribution in [1.82, 2.24) is 0 Å². The van der Waals surface area contributed by atoms with Crippen LogP contribution < -0.4 is 9.64 Å². The largest absolute Gasteiger partial charge is 0.490 e. The molecule has 222 valence electrons. The first-order valence-electron chi connectivity index (χ1n) is 14.8. The highest BCUT2D eigenvalue weighted by atomic mass is 35.5. The first kappa shape index (κ1) is 30.1. The number of benzene rings is 2. The van der Waals surface area contributed by atoms with Crippen molar-refractivity contribution in [3.63, 3.8) is 0 Å². The van der Waals surface area contributed by atoms with Crippen LogP contribution in [0.4, 0.5) is 5.69 Å². The van der Waals surface area contributed by atoms with E-state index in [1.54, 1.807) is 12.1 Å². The zero-order chi connectivity index (χ0) is 29.6. The molecular weight excluding hydrogens is 554 g/mol. The molecule has 6 nitrogen and oxygen atoms in total. The molecule has 2 heterocycles. The summed E-state index contributed by atoms with van der Waals surface area (Å²) in [6, 6.07) is 11.5. The van der Waals surface area contributed by atoms with E-state index in [-0.39, 0.29) is 34.1 Å². The molecule has 1 N–H and O–H groups in total. The number of carboxylic acids is 1. The van der Waals surface area contributed by atoms with Crippen molar-refractivity contribution >= 4 is 31.6 Å². The first-order chi connectivity index (χ1) is 19.3. The van der Waals surface area contributed by atoms with E-state index in [9.17, 15) is 9.90 Å². The smallest absolute Gasteiger partial charge is 0.335 e. The minimum Gasteiger partial charge on any atom is -0.490 e. The second-order valence-electron chi connectivity index (χ2n) is 13.6. The number of nitrogens with zero attached hydrogens (tertiary/aromatic N) is 1. The van der Waals surface area contributed by atoms with E-state index in [2.05, 4.69) is 57.5 Å². The normalized spacial score (nSPS) is 25.2. The van der Waals surface area contributed by atoms with Crippen LogP contribution in [0, 0.1) is 5.92 Å². The molecule has 1 unspecified atom stereocenters. The van der Waals surface area contributed by atoms with E-state index in [0.717, 1.165) is 48.7 Å². The van der Waals surface area contributed by atoms with Crippen molar-refractivity contribution in [2.24, 2.45) is 5.92 Å². The number of fused-ring (bicyclic) bond motifs is 3. The van der Waals surface area contributed by atoms with E-state index in [1.165, 1.54) is 11.1 Å². The quantitative estimate of drug-likeness (QED) is 0.263. The van der Waals surface area contributed by atoms with E-state index >= 15 is 0 Å². The van der Waals surface area contributed by atoms with Crippen molar-refractivity contribution < 1.29 is 23.8 Å². The minimum atomic E-state index is -2.06. The molecule has 2 aliphatic heterocycles. The van der Waals surface area contributed by atoms with Crippen molar-refractivity contribution in [2.45, 2.75) is 82.2 Å². The Morgan fingerprint density at radius 1 is 1.29 bits per heavy atom. The molecule has 1 saturated heterocycles. The zero-order valence-corrected chi connectivity index (χ0v) is 26.8. The molecule has 1 aliphatic carbocycles. The first-order valence-corrected chi connectivity index (χ1v) is 18.1. The van der Waals surface area contributed by atoms with Gasteiger partial charge in [0.1, 0.15) is 5.75 Å². The average molecular weight is 598 g/mol. The van der Waals surface area contributed by atoms with Gasteiger partial charge in [-0.15, -0.1) is 6.58 Å². The molecule has 0 bridgehead atoms. The van der Waals surface area contributed by atoms with Crippen LogP contribution in [0.3, 0.4) is 0 Å². The number of hydrogen-bond acceptors (Lipinski definition) is 5. The fourth-order valence-electron chi connectivity index (χ4n) is 6.51. The van der Waals surface area contributed by atoms with Crippen LogP contribution in [0.1, 0.15) is 61.5 Å². The fraction of sp³-hybridized carbons (Fsp3) is 0.545. The second-order valence-corrected chi connectivity index (χ2v) is 18.7. The van der Waals surface area contributed by atoms with Gasteiger partial charge in [0.25, 0.3) is 0 Å². The Bertz CT molecular complexity index is 1310. The summed E-state index contributed by atoms with van der Waals surface area (Å²) >= 11 is 6.40. The topological polar surface area (TPSA) is 68.2 Å². The SMILES string of the molecule is C=CC(O[Si](C)(C)C(C)(C)C)[C@@H]1OCC[C@H]1CN1C[C@@]2(CCCc3cc(Cl)ccc32)COc2ccc(C(=O)O)cc21. The van der Waals surface area contributed by atoms with E-state index < -0.39 is 14.3 Å². The van der Waals surface area contributed by atoms with Crippen LogP contribution in [0.2, 0.25) is 23.2 Å². The number of rotatable bonds is 7. The maximum Gasteiger partial charge on any atom is 0.335 e. The lowest BCUT2D eigenvalue weighted by molar-refractivity contribution is 0.0109. The van der Waals surface area contributed by atoms with Crippen LogP contribution in [0.25, 0.3) is 0 Å². The molecule has 2 aromatic carbocycles. The van der Waals surface area contributed by atoms with Crippen LogP contribution in [0.15, 0.2) is 49.1 Å². The van der Waals surface area contributed by atoms with Gasteiger partial charge in [-0.05, 0) is 85.3 Å². The van der Waals surface area contributed by atoms with Gasteiger partial charge < -0.3 is 23.9 Å². The molecule has 2 aromatic rings. The summed E-state index contributed by atoms with van der Waals surface area (Å²) in [7, 11) is -2.06. The third-order valence-corrected chi connectivity index (χ3v) is 14.5. The Hall–Kier alpha value is -2.32. The van der Waals surface area contributed by atoms with Crippen molar-refractivity contribution in [1.29, 1.82) is 0 Å². The number of ether oxygens (including phenoxy) is 2. The molecule has 4 atom stereocenters. The van der Waals surface area contributed by atoms with Gasteiger partial charge in [-0.2, -0.15) is 0 Å². The molecule has 0 saturated carbocycles. The number of aryl methyl sites for hydroxylation is 1. The minimum absolute atomic E-state index is 0.0698. The summed E-state index contributed by atoms with van der Waals surface area (Å²) in [4.78, 5) is 14.4. The lowest BCUT2D eigenvalue weighted by Crippen LogP contribution is -2.50. The van der Waals surface area contributed by atoms with Gasteiger partial charge in [0.2, 0.25) is 0 Å². The monoisotopic (exact) mass is 597 g/mol.